The number of amides is 1. The van der Waals surface area contributed by atoms with E-state index in [9.17, 15) is 13.2 Å². The van der Waals surface area contributed by atoms with Crippen molar-refractivity contribution in [2.24, 2.45) is 0 Å². The molecule has 0 saturated carbocycles. The van der Waals surface area contributed by atoms with Gasteiger partial charge in [-0.3, -0.25) is 4.79 Å². The minimum atomic E-state index is -3.73. The van der Waals surface area contributed by atoms with Crippen LogP contribution in [0.3, 0.4) is 0 Å². The van der Waals surface area contributed by atoms with Gasteiger partial charge in [-0.15, -0.1) is 5.10 Å². The van der Waals surface area contributed by atoms with Gasteiger partial charge in [0.25, 0.3) is 0 Å². The zero-order valence-corrected chi connectivity index (χ0v) is 20.0. The van der Waals surface area contributed by atoms with E-state index in [0.717, 1.165) is 11.3 Å². The predicted molar refractivity (Wildman–Crippen MR) is 128 cm³/mol. The number of hydrogen-bond acceptors (Lipinski definition) is 8. The van der Waals surface area contributed by atoms with Crippen LogP contribution < -0.4 is 10.2 Å². The van der Waals surface area contributed by atoms with E-state index in [-0.39, 0.29) is 0 Å². The third kappa shape index (κ3) is 5.52. The highest BCUT2D eigenvalue weighted by Crippen LogP contribution is 2.20. The van der Waals surface area contributed by atoms with E-state index in [4.69, 9.17) is 0 Å². The van der Waals surface area contributed by atoms with Crippen molar-refractivity contribution in [1.29, 1.82) is 0 Å². The number of benzene rings is 2. The molecule has 1 aromatic heterocycles. The lowest BCUT2D eigenvalue weighted by Crippen LogP contribution is -2.50. The maximum atomic E-state index is 12.8. The van der Waals surface area contributed by atoms with E-state index >= 15 is 0 Å². The van der Waals surface area contributed by atoms with Crippen LogP contribution >= 0.6 is 11.8 Å². The van der Waals surface area contributed by atoms with Crippen molar-refractivity contribution in [1.82, 2.24) is 24.5 Å². The highest BCUT2D eigenvalue weighted by atomic mass is 32.2. The zero-order valence-electron chi connectivity index (χ0n) is 18.4. The molecule has 2 heterocycles. The van der Waals surface area contributed by atoms with Crippen LogP contribution in [0.5, 0.6) is 0 Å². The molecule has 1 aliphatic rings. The quantitative estimate of drug-likeness (QED) is 0.502. The SMILES string of the molecule is CSc1nnnn1-c1cccc(NC(=O)CS(=O)(=O)N2CCN(c3cccc(C)c3)CC2)c1. The first-order chi connectivity index (χ1) is 15.9. The van der Waals surface area contributed by atoms with E-state index in [0.29, 0.717) is 42.7 Å². The fourth-order valence-corrected chi connectivity index (χ4v) is 5.43. The average molecular weight is 488 g/mol. The van der Waals surface area contributed by atoms with Crippen molar-refractivity contribution in [3.8, 4) is 5.69 Å². The summed E-state index contributed by atoms with van der Waals surface area (Å²) < 4.78 is 28.6. The Labute approximate surface area is 197 Å². The van der Waals surface area contributed by atoms with Gasteiger partial charge in [-0.1, -0.05) is 30.0 Å². The summed E-state index contributed by atoms with van der Waals surface area (Å²) in [5, 5.41) is 14.8. The van der Waals surface area contributed by atoms with Gasteiger partial charge in [-0.05, 0) is 59.5 Å². The number of carbonyl (C=O) groups excluding carboxylic acids is 1. The number of anilines is 2. The van der Waals surface area contributed by atoms with E-state index in [1.54, 1.807) is 28.9 Å². The number of carbonyl (C=O) groups is 1. The summed E-state index contributed by atoms with van der Waals surface area (Å²) in [5.41, 5.74) is 3.38. The number of aryl methyl sites for hydroxylation is 1. The molecule has 1 N–H and O–H groups in total. The third-order valence-corrected chi connectivity index (χ3v) is 7.71. The van der Waals surface area contributed by atoms with Gasteiger partial charge in [0, 0.05) is 37.6 Å². The number of tetrazole rings is 1. The lowest BCUT2D eigenvalue weighted by atomic mass is 10.2. The molecule has 174 valence electrons. The Morgan fingerprint density at radius 2 is 1.79 bits per heavy atom. The van der Waals surface area contributed by atoms with Gasteiger partial charge in [-0.25, -0.2) is 8.42 Å². The highest BCUT2D eigenvalue weighted by molar-refractivity contribution is 7.98. The molecule has 0 bridgehead atoms. The maximum absolute atomic E-state index is 12.8. The van der Waals surface area contributed by atoms with Crippen LogP contribution in [-0.2, 0) is 14.8 Å². The molecule has 1 fully saturated rings. The second kappa shape index (κ2) is 9.89. The third-order valence-electron chi connectivity index (χ3n) is 5.31. The van der Waals surface area contributed by atoms with E-state index < -0.39 is 21.7 Å². The number of nitrogens with one attached hydrogen (secondary N) is 1. The van der Waals surface area contributed by atoms with Gasteiger partial charge >= 0.3 is 0 Å². The van der Waals surface area contributed by atoms with Crippen molar-refractivity contribution in [2.75, 3.05) is 48.4 Å². The first-order valence-electron chi connectivity index (χ1n) is 10.4. The fraction of sp³-hybridized carbons (Fsp3) is 0.333. The van der Waals surface area contributed by atoms with Gasteiger partial charge in [0.2, 0.25) is 21.1 Å². The normalized spacial score (nSPS) is 14.9. The van der Waals surface area contributed by atoms with Crippen LogP contribution in [0.25, 0.3) is 5.69 Å². The van der Waals surface area contributed by atoms with Crippen LogP contribution in [0.1, 0.15) is 5.56 Å². The number of rotatable bonds is 7. The number of nitrogens with zero attached hydrogens (tertiary/aromatic N) is 6. The van der Waals surface area contributed by atoms with Crippen LogP contribution in [-0.4, -0.2) is 77.0 Å². The molecule has 3 aromatic rings. The van der Waals surface area contributed by atoms with Crippen LogP contribution in [0.4, 0.5) is 11.4 Å². The number of sulfonamides is 1. The van der Waals surface area contributed by atoms with E-state index in [2.05, 4.69) is 31.8 Å². The van der Waals surface area contributed by atoms with Gasteiger partial charge in [0.05, 0.1) is 5.69 Å². The summed E-state index contributed by atoms with van der Waals surface area (Å²) in [7, 11) is -3.73. The van der Waals surface area contributed by atoms with Crippen molar-refractivity contribution < 1.29 is 13.2 Å². The largest absolute Gasteiger partial charge is 0.369 e. The van der Waals surface area contributed by atoms with Crippen molar-refractivity contribution in [3.63, 3.8) is 0 Å². The predicted octanol–water partition coefficient (Wildman–Crippen LogP) is 1.78. The average Bonchev–Trinajstić information content (AvgIpc) is 3.28. The number of piperazine rings is 1. The number of aromatic nitrogens is 4. The molecule has 1 aliphatic heterocycles. The fourth-order valence-electron chi connectivity index (χ4n) is 3.69. The molecule has 1 saturated heterocycles. The van der Waals surface area contributed by atoms with Gasteiger partial charge < -0.3 is 10.2 Å². The Morgan fingerprint density at radius 3 is 2.52 bits per heavy atom. The van der Waals surface area contributed by atoms with Crippen molar-refractivity contribution in [2.45, 2.75) is 12.1 Å². The number of thioether (sulfide) groups is 1. The Bertz CT molecular complexity index is 1240. The Morgan fingerprint density at radius 1 is 1.06 bits per heavy atom. The molecule has 0 radical (unpaired) electrons. The molecule has 1 amide bonds. The van der Waals surface area contributed by atoms with Gasteiger partial charge in [-0.2, -0.15) is 8.99 Å². The summed E-state index contributed by atoms with van der Waals surface area (Å²) in [6.07, 6.45) is 1.86. The van der Waals surface area contributed by atoms with Crippen molar-refractivity contribution >= 4 is 39.1 Å². The first-order valence-corrected chi connectivity index (χ1v) is 13.2. The molecule has 0 aliphatic carbocycles. The summed E-state index contributed by atoms with van der Waals surface area (Å²) >= 11 is 1.39. The van der Waals surface area contributed by atoms with Crippen LogP contribution in [0.2, 0.25) is 0 Å². The summed E-state index contributed by atoms with van der Waals surface area (Å²) in [6.45, 7) is 3.88. The zero-order chi connectivity index (χ0) is 23.4. The molecule has 10 nitrogen and oxygen atoms in total. The van der Waals surface area contributed by atoms with E-state index in [1.165, 1.54) is 16.1 Å². The number of hydrogen-bond donors (Lipinski definition) is 1. The Balaban J connectivity index is 1.36. The Kier molecular flexibility index (Phi) is 6.96. The molecular weight excluding hydrogens is 462 g/mol. The van der Waals surface area contributed by atoms with Crippen molar-refractivity contribution in [3.05, 3.63) is 54.1 Å². The topological polar surface area (TPSA) is 113 Å². The van der Waals surface area contributed by atoms with Crippen LogP contribution in [0, 0.1) is 6.92 Å². The maximum Gasteiger partial charge on any atom is 0.241 e. The lowest BCUT2D eigenvalue weighted by Gasteiger charge is -2.35. The second-order valence-electron chi connectivity index (χ2n) is 7.66. The Hall–Kier alpha value is -2.96. The minimum absolute atomic E-state index is 0.343. The monoisotopic (exact) mass is 487 g/mol. The first kappa shape index (κ1) is 23.2. The van der Waals surface area contributed by atoms with Crippen LogP contribution in [0.15, 0.2) is 53.7 Å². The lowest BCUT2D eigenvalue weighted by molar-refractivity contribution is -0.113. The molecule has 12 heteroatoms. The second-order valence-corrected chi connectivity index (χ2v) is 10.4. The molecule has 0 unspecified atom stereocenters. The summed E-state index contributed by atoms with van der Waals surface area (Å²) in [4.78, 5) is 14.7. The molecule has 33 heavy (non-hydrogen) atoms. The minimum Gasteiger partial charge on any atom is -0.369 e. The molecule has 2 aromatic carbocycles. The molecular formula is C21H25N7O3S2. The standard InChI is InChI=1S/C21H25N7O3S2/c1-16-5-3-7-18(13-16)26-9-11-27(12-10-26)33(30,31)15-20(29)22-17-6-4-8-19(14-17)28-21(32-2)23-24-25-28/h3-8,13-14H,9-12,15H2,1-2H3,(H,22,29). The molecule has 4 rings (SSSR count). The highest BCUT2D eigenvalue weighted by Gasteiger charge is 2.29. The summed E-state index contributed by atoms with van der Waals surface area (Å²) in [5.74, 6) is -1.20. The summed E-state index contributed by atoms with van der Waals surface area (Å²) in [6, 6.07) is 15.1. The smallest absolute Gasteiger partial charge is 0.241 e. The molecule has 0 spiro atoms. The van der Waals surface area contributed by atoms with E-state index in [1.807, 2.05) is 31.4 Å². The molecule has 0 atom stereocenters. The van der Waals surface area contributed by atoms with Gasteiger partial charge in [0.15, 0.2) is 0 Å². The van der Waals surface area contributed by atoms with Gasteiger partial charge in [0.1, 0.15) is 5.75 Å².